The van der Waals surface area contributed by atoms with E-state index in [0.29, 0.717) is 5.92 Å². The molecule has 1 unspecified atom stereocenters. The quantitative estimate of drug-likeness (QED) is 0.919. The first-order chi connectivity index (χ1) is 11.7. The highest BCUT2D eigenvalue weighted by molar-refractivity contribution is 5.88. The first-order valence-corrected chi connectivity index (χ1v) is 8.39. The zero-order chi connectivity index (χ0) is 16.8. The van der Waals surface area contributed by atoms with Crippen LogP contribution in [0.5, 0.6) is 0 Å². The van der Waals surface area contributed by atoms with E-state index < -0.39 is 0 Å². The van der Waals surface area contributed by atoms with Crippen molar-refractivity contribution in [3.05, 3.63) is 60.4 Å². The monoisotopic (exact) mass is 324 g/mol. The minimum atomic E-state index is -0.0792. The number of urea groups is 1. The number of pyridine rings is 1. The van der Waals surface area contributed by atoms with Gasteiger partial charge in [0.1, 0.15) is 0 Å². The van der Waals surface area contributed by atoms with Crippen molar-refractivity contribution in [3.8, 4) is 0 Å². The van der Waals surface area contributed by atoms with Crippen LogP contribution in [0.1, 0.15) is 12.0 Å². The fraction of sp³-hybridized carbons (Fsp3) is 0.368. The Hall–Kier alpha value is -2.40. The van der Waals surface area contributed by atoms with Crippen molar-refractivity contribution in [1.29, 1.82) is 0 Å². The highest BCUT2D eigenvalue weighted by atomic mass is 16.2. The lowest BCUT2D eigenvalue weighted by Crippen LogP contribution is -2.36. The van der Waals surface area contributed by atoms with Crippen LogP contribution >= 0.6 is 0 Å². The van der Waals surface area contributed by atoms with E-state index in [2.05, 4.69) is 39.5 Å². The van der Waals surface area contributed by atoms with Crippen LogP contribution in [0.2, 0.25) is 0 Å². The van der Waals surface area contributed by atoms with Crippen molar-refractivity contribution in [2.45, 2.75) is 13.0 Å². The lowest BCUT2D eigenvalue weighted by molar-refractivity contribution is 0.212. The van der Waals surface area contributed by atoms with E-state index in [1.54, 1.807) is 17.3 Å². The normalized spacial score (nSPS) is 17.6. The van der Waals surface area contributed by atoms with Crippen LogP contribution in [0, 0.1) is 5.92 Å². The third-order valence-corrected chi connectivity index (χ3v) is 4.41. The van der Waals surface area contributed by atoms with E-state index in [4.69, 9.17) is 0 Å². The molecule has 126 valence electrons. The van der Waals surface area contributed by atoms with Crippen LogP contribution in [0.4, 0.5) is 10.5 Å². The summed E-state index contributed by atoms with van der Waals surface area (Å²) >= 11 is 0. The highest BCUT2D eigenvalue weighted by Crippen LogP contribution is 2.19. The third kappa shape index (κ3) is 4.55. The van der Waals surface area contributed by atoms with Crippen molar-refractivity contribution in [1.82, 2.24) is 14.8 Å². The molecule has 1 N–H and O–H groups in total. The summed E-state index contributed by atoms with van der Waals surface area (Å²) in [7, 11) is 1.85. The average molecular weight is 324 g/mol. The minimum Gasteiger partial charge on any atom is -0.327 e. The molecule has 0 saturated carbocycles. The lowest BCUT2D eigenvalue weighted by atomic mass is 10.1. The van der Waals surface area contributed by atoms with Crippen molar-refractivity contribution < 1.29 is 4.79 Å². The number of carbonyl (C=O) groups excluding carboxylic acids is 1. The Morgan fingerprint density at radius 1 is 1.29 bits per heavy atom. The molecule has 2 aromatic rings. The molecule has 1 aliphatic heterocycles. The Morgan fingerprint density at radius 2 is 2.12 bits per heavy atom. The lowest BCUT2D eigenvalue weighted by Gasteiger charge is -2.22. The number of nitrogens with zero attached hydrogens (tertiary/aromatic N) is 3. The maximum absolute atomic E-state index is 12.2. The van der Waals surface area contributed by atoms with Gasteiger partial charge in [-0.3, -0.25) is 9.88 Å². The van der Waals surface area contributed by atoms with Crippen LogP contribution < -0.4 is 5.32 Å². The fourth-order valence-corrected chi connectivity index (χ4v) is 3.17. The highest BCUT2D eigenvalue weighted by Gasteiger charge is 2.24. The summed E-state index contributed by atoms with van der Waals surface area (Å²) in [5, 5.41) is 2.88. The van der Waals surface area contributed by atoms with Crippen LogP contribution in [-0.4, -0.2) is 47.5 Å². The number of benzene rings is 1. The molecule has 24 heavy (non-hydrogen) atoms. The molecule has 0 bridgehead atoms. The van der Waals surface area contributed by atoms with Gasteiger partial charge in [-0.1, -0.05) is 30.3 Å². The Balaban J connectivity index is 1.45. The van der Waals surface area contributed by atoms with Crippen LogP contribution in [0.15, 0.2) is 54.9 Å². The maximum Gasteiger partial charge on any atom is 0.321 e. The molecule has 5 nitrogen and oxygen atoms in total. The number of aromatic nitrogens is 1. The topological polar surface area (TPSA) is 48.5 Å². The van der Waals surface area contributed by atoms with Gasteiger partial charge in [0, 0.05) is 32.9 Å². The van der Waals surface area contributed by atoms with E-state index >= 15 is 0 Å². The van der Waals surface area contributed by atoms with Gasteiger partial charge in [0.15, 0.2) is 0 Å². The van der Waals surface area contributed by atoms with Gasteiger partial charge in [-0.05, 0) is 36.6 Å². The Kier molecular flexibility index (Phi) is 5.43. The SMILES string of the molecule is CN(CC1CCN(Cc2ccccc2)C1)C(=O)Nc1cccnc1. The van der Waals surface area contributed by atoms with Crippen LogP contribution in [0.25, 0.3) is 0 Å². The van der Waals surface area contributed by atoms with Crippen LogP contribution in [0.3, 0.4) is 0 Å². The molecule has 0 radical (unpaired) electrons. The van der Waals surface area contributed by atoms with E-state index in [1.807, 2.05) is 25.2 Å². The fourth-order valence-electron chi connectivity index (χ4n) is 3.17. The van der Waals surface area contributed by atoms with E-state index in [-0.39, 0.29) is 6.03 Å². The number of anilines is 1. The number of nitrogens with one attached hydrogen (secondary N) is 1. The Labute approximate surface area is 143 Å². The molecular weight excluding hydrogens is 300 g/mol. The zero-order valence-electron chi connectivity index (χ0n) is 14.1. The summed E-state index contributed by atoms with van der Waals surface area (Å²) in [5.74, 6) is 0.526. The second-order valence-electron chi connectivity index (χ2n) is 6.43. The molecule has 2 heterocycles. The molecule has 1 atom stereocenters. The number of rotatable bonds is 5. The summed E-state index contributed by atoms with van der Waals surface area (Å²) < 4.78 is 0. The van der Waals surface area contributed by atoms with Crippen molar-refractivity contribution in [3.63, 3.8) is 0 Å². The second kappa shape index (κ2) is 7.93. The Bertz CT molecular complexity index is 647. The van der Waals surface area contributed by atoms with Gasteiger partial charge in [0.2, 0.25) is 0 Å². The molecule has 0 aliphatic carbocycles. The maximum atomic E-state index is 12.2. The van der Waals surface area contributed by atoms with Gasteiger partial charge in [-0.25, -0.2) is 4.79 Å². The molecule has 1 aliphatic rings. The minimum absolute atomic E-state index is 0.0792. The molecule has 5 heteroatoms. The number of hydrogen-bond acceptors (Lipinski definition) is 3. The molecule has 1 saturated heterocycles. The standard InChI is InChI=1S/C19H24N4O/c1-22(19(24)21-18-8-5-10-20-12-18)13-17-9-11-23(15-17)14-16-6-3-2-4-7-16/h2-8,10,12,17H,9,11,13-15H2,1H3,(H,21,24). The largest absolute Gasteiger partial charge is 0.327 e. The number of carbonyl (C=O) groups is 1. The summed E-state index contributed by atoms with van der Waals surface area (Å²) in [5.41, 5.74) is 2.08. The van der Waals surface area contributed by atoms with Gasteiger partial charge in [0.25, 0.3) is 0 Å². The molecule has 1 aromatic heterocycles. The van der Waals surface area contributed by atoms with E-state index in [0.717, 1.165) is 38.3 Å². The second-order valence-corrected chi connectivity index (χ2v) is 6.43. The predicted molar refractivity (Wildman–Crippen MR) is 95.7 cm³/mol. The summed E-state index contributed by atoms with van der Waals surface area (Å²) in [6.45, 7) is 3.90. The van der Waals surface area contributed by atoms with E-state index in [9.17, 15) is 4.79 Å². The molecule has 0 spiro atoms. The molecule has 1 fully saturated rings. The summed E-state index contributed by atoms with van der Waals surface area (Å²) in [6, 6.07) is 14.1. The number of likely N-dealkylation sites (tertiary alicyclic amines) is 1. The first-order valence-electron chi connectivity index (χ1n) is 8.39. The molecule has 3 rings (SSSR count). The molecular formula is C19H24N4O. The predicted octanol–water partition coefficient (Wildman–Crippen LogP) is 3.07. The van der Waals surface area contributed by atoms with Gasteiger partial charge in [-0.2, -0.15) is 0 Å². The average Bonchev–Trinajstić information content (AvgIpc) is 3.03. The third-order valence-electron chi connectivity index (χ3n) is 4.41. The summed E-state index contributed by atoms with van der Waals surface area (Å²) in [4.78, 5) is 20.5. The van der Waals surface area contributed by atoms with Gasteiger partial charge < -0.3 is 10.2 Å². The van der Waals surface area contributed by atoms with Crippen LogP contribution in [-0.2, 0) is 6.54 Å². The summed E-state index contributed by atoms with van der Waals surface area (Å²) in [6.07, 6.45) is 4.49. The van der Waals surface area contributed by atoms with Crippen molar-refractivity contribution >= 4 is 11.7 Å². The van der Waals surface area contributed by atoms with Gasteiger partial charge >= 0.3 is 6.03 Å². The van der Waals surface area contributed by atoms with Crippen molar-refractivity contribution in [2.24, 2.45) is 5.92 Å². The first kappa shape index (κ1) is 16.5. The number of hydrogen-bond donors (Lipinski definition) is 1. The van der Waals surface area contributed by atoms with Crippen molar-refractivity contribution in [2.75, 3.05) is 32.0 Å². The zero-order valence-corrected chi connectivity index (χ0v) is 14.1. The number of amides is 2. The van der Waals surface area contributed by atoms with Gasteiger partial charge in [0.05, 0.1) is 11.9 Å². The smallest absolute Gasteiger partial charge is 0.321 e. The van der Waals surface area contributed by atoms with Gasteiger partial charge in [-0.15, -0.1) is 0 Å². The molecule has 1 aromatic carbocycles. The Morgan fingerprint density at radius 3 is 2.88 bits per heavy atom. The van der Waals surface area contributed by atoms with E-state index in [1.165, 1.54) is 5.56 Å². The molecule has 2 amide bonds.